The number of carbonyl (C=O) groups is 1. The molecule has 0 fully saturated rings. The Morgan fingerprint density at radius 2 is 2.43 bits per heavy atom. The zero-order chi connectivity index (χ0) is 14.8. The molecule has 7 heteroatoms. The maximum atomic E-state index is 12.6. The number of aromatic nitrogens is 4. The lowest BCUT2D eigenvalue weighted by Crippen LogP contribution is -2.37. The van der Waals surface area contributed by atoms with E-state index in [4.69, 9.17) is 0 Å². The Labute approximate surface area is 127 Å². The first kappa shape index (κ1) is 14.2. The summed E-state index contributed by atoms with van der Waals surface area (Å²) in [5.74, 6) is 1.18. The third-order valence-corrected chi connectivity index (χ3v) is 4.90. The van der Waals surface area contributed by atoms with Crippen LogP contribution in [-0.2, 0) is 30.7 Å². The molecule has 0 bridgehead atoms. The van der Waals surface area contributed by atoms with Crippen molar-refractivity contribution in [2.24, 2.45) is 5.92 Å². The van der Waals surface area contributed by atoms with Gasteiger partial charge in [-0.2, -0.15) is 0 Å². The van der Waals surface area contributed by atoms with E-state index < -0.39 is 0 Å². The highest BCUT2D eigenvalue weighted by Gasteiger charge is 2.27. The maximum Gasteiger partial charge on any atom is 0.227 e. The largest absolute Gasteiger partial charge is 0.340 e. The number of carbonyl (C=O) groups excluding carboxylic acids is 1. The number of amides is 1. The standard InChI is InChI=1S/C14H19N5OS/c1-3-13-16-11(8-21-13)7-18(2)14(20)10-4-5-12-17-15-9-19(12)6-10/h8-10H,3-7H2,1-2H3. The van der Waals surface area contributed by atoms with Gasteiger partial charge in [0.2, 0.25) is 5.91 Å². The molecule has 1 aliphatic rings. The second-order valence-electron chi connectivity index (χ2n) is 5.42. The number of fused-ring (bicyclic) bond motifs is 1. The smallest absolute Gasteiger partial charge is 0.227 e. The van der Waals surface area contributed by atoms with E-state index in [0.29, 0.717) is 13.1 Å². The summed E-state index contributed by atoms with van der Waals surface area (Å²) in [6.07, 6.45) is 4.32. The van der Waals surface area contributed by atoms with Crippen LogP contribution in [0.5, 0.6) is 0 Å². The van der Waals surface area contributed by atoms with E-state index in [0.717, 1.165) is 35.8 Å². The Morgan fingerprint density at radius 1 is 1.57 bits per heavy atom. The fourth-order valence-electron chi connectivity index (χ4n) is 2.68. The molecule has 3 rings (SSSR count). The lowest BCUT2D eigenvalue weighted by atomic mass is 9.98. The van der Waals surface area contributed by atoms with E-state index >= 15 is 0 Å². The van der Waals surface area contributed by atoms with Crippen molar-refractivity contribution in [1.29, 1.82) is 0 Å². The van der Waals surface area contributed by atoms with Crippen LogP contribution in [0.1, 0.15) is 29.9 Å². The average Bonchev–Trinajstić information content (AvgIpc) is 3.13. The van der Waals surface area contributed by atoms with Gasteiger partial charge in [0.15, 0.2) is 0 Å². The van der Waals surface area contributed by atoms with Crippen LogP contribution in [0.15, 0.2) is 11.7 Å². The summed E-state index contributed by atoms with van der Waals surface area (Å²) in [6, 6.07) is 0. The number of aryl methyl sites for hydroxylation is 2. The first-order valence-corrected chi connectivity index (χ1v) is 8.10. The summed E-state index contributed by atoms with van der Waals surface area (Å²) >= 11 is 1.66. The molecule has 2 aromatic rings. The monoisotopic (exact) mass is 305 g/mol. The molecule has 0 spiro atoms. The van der Waals surface area contributed by atoms with Crippen LogP contribution in [-0.4, -0.2) is 37.6 Å². The third-order valence-electron chi connectivity index (χ3n) is 3.86. The van der Waals surface area contributed by atoms with Gasteiger partial charge in [-0.05, 0) is 12.8 Å². The molecular formula is C14H19N5OS. The molecule has 2 aromatic heterocycles. The highest BCUT2D eigenvalue weighted by molar-refractivity contribution is 7.09. The number of nitrogens with zero attached hydrogens (tertiary/aromatic N) is 5. The van der Waals surface area contributed by atoms with E-state index in [9.17, 15) is 4.79 Å². The minimum Gasteiger partial charge on any atom is -0.340 e. The third kappa shape index (κ3) is 2.97. The van der Waals surface area contributed by atoms with E-state index in [1.54, 1.807) is 22.6 Å². The molecule has 0 aliphatic carbocycles. The van der Waals surface area contributed by atoms with E-state index in [2.05, 4.69) is 22.1 Å². The Hall–Kier alpha value is -1.76. The molecular weight excluding hydrogens is 286 g/mol. The predicted molar refractivity (Wildman–Crippen MR) is 79.8 cm³/mol. The van der Waals surface area contributed by atoms with Gasteiger partial charge in [0.05, 0.1) is 23.2 Å². The van der Waals surface area contributed by atoms with Gasteiger partial charge >= 0.3 is 0 Å². The SMILES string of the molecule is CCc1nc(CN(C)C(=O)C2CCc3nncn3C2)cs1. The zero-order valence-corrected chi connectivity index (χ0v) is 13.1. The Morgan fingerprint density at radius 3 is 3.19 bits per heavy atom. The predicted octanol–water partition coefficient (Wildman–Crippen LogP) is 1.52. The first-order valence-electron chi connectivity index (χ1n) is 7.22. The second-order valence-corrected chi connectivity index (χ2v) is 6.36. The molecule has 1 aliphatic heterocycles. The van der Waals surface area contributed by atoms with E-state index in [1.165, 1.54) is 0 Å². The summed E-state index contributed by atoms with van der Waals surface area (Å²) in [5.41, 5.74) is 0.980. The second kappa shape index (κ2) is 5.93. The van der Waals surface area contributed by atoms with Crippen molar-refractivity contribution < 1.29 is 4.79 Å². The van der Waals surface area contributed by atoms with Crippen LogP contribution in [0.25, 0.3) is 0 Å². The number of hydrogen-bond donors (Lipinski definition) is 0. The van der Waals surface area contributed by atoms with Gasteiger partial charge in [-0.15, -0.1) is 21.5 Å². The first-order chi connectivity index (χ1) is 10.2. The number of thiazole rings is 1. The summed E-state index contributed by atoms with van der Waals surface area (Å²) in [4.78, 5) is 18.9. The van der Waals surface area contributed by atoms with Gasteiger partial charge in [0, 0.05) is 25.4 Å². The molecule has 3 heterocycles. The molecule has 21 heavy (non-hydrogen) atoms. The van der Waals surface area contributed by atoms with Crippen molar-refractivity contribution in [1.82, 2.24) is 24.6 Å². The molecule has 0 radical (unpaired) electrons. The van der Waals surface area contributed by atoms with Crippen LogP contribution >= 0.6 is 11.3 Å². The Balaban J connectivity index is 1.62. The normalized spacial score (nSPS) is 17.5. The lowest BCUT2D eigenvalue weighted by Gasteiger charge is -2.26. The van der Waals surface area contributed by atoms with Crippen LogP contribution in [0.2, 0.25) is 0 Å². The molecule has 0 N–H and O–H groups in total. The van der Waals surface area contributed by atoms with Gasteiger partial charge in [0.25, 0.3) is 0 Å². The summed E-state index contributed by atoms with van der Waals surface area (Å²) in [6.45, 7) is 3.36. The molecule has 112 valence electrons. The lowest BCUT2D eigenvalue weighted by molar-refractivity contribution is -0.135. The highest BCUT2D eigenvalue weighted by atomic mass is 32.1. The van der Waals surface area contributed by atoms with Crippen LogP contribution in [0, 0.1) is 5.92 Å². The zero-order valence-electron chi connectivity index (χ0n) is 12.3. The van der Waals surface area contributed by atoms with Gasteiger partial charge in [-0.1, -0.05) is 6.92 Å². The van der Waals surface area contributed by atoms with Gasteiger partial charge in [-0.25, -0.2) is 4.98 Å². The minimum atomic E-state index is 0.0165. The molecule has 6 nitrogen and oxygen atoms in total. The fourth-order valence-corrected chi connectivity index (χ4v) is 3.41. The van der Waals surface area contributed by atoms with Crippen LogP contribution in [0.4, 0.5) is 0 Å². The molecule has 0 saturated heterocycles. The summed E-state index contributed by atoms with van der Waals surface area (Å²) in [5, 5.41) is 11.1. The van der Waals surface area contributed by atoms with Crippen molar-refractivity contribution in [3.63, 3.8) is 0 Å². The molecule has 1 unspecified atom stereocenters. The minimum absolute atomic E-state index is 0.0165. The quantitative estimate of drug-likeness (QED) is 0.859. The van der Waals surface area contributed by atoms with E-state index in [-0.39, 0.29) is 11.8 Å². The fraction of sp³-hybridized carbons (Fsp3) is 0.571. The van der Waals surface area contributed by atoms with Gasteiger partial charge < -0.3 is 9.47 Å². The number of hydrogen-bond acceptors (Lipinski definition) is 5. The van der Waals surface area contributed by atoms with Crippen molar-refractivity contribution in [2.75, 3.05) is 7.05 Å². The molecule has 0 aromatic carbocycles. The molecule has 1 amide bonds. The Bertz CT molecular complexity index is 635. The summed E-state index contributed by atoms with van der Waals surface area (Å²) in [7, 11) is 1.86. The van der Waals surface area contributed by atoms with Gasteiger partial charge in [0.1, 0.15) is 12.2 Å². The van der Waals surface area contributed by atoms with Crippen LogP contribution < -0.4 is 0 Å². The van der Waals surface area contributed by atoms with Crippen LogP contribution in [0.3, 0.4) is 0 Å². The molecule has 1 atom stereocenters. The molecule has 0 saturated carbocycles. The van der Waals surface area contributed by atoms with Crippen molar-refractivity contribution in [3.05, 3.63) is 28.2 Å². The van der Waals surface area contributed by atoms with E-state index in [1.807, 2.05) is 17.0 Å². The highest BCUT2D eigenvalue weighted by Crippen LogP contribution is 2.21. The van der Waals surface area contributed by atoms with Crippen molar-refractivity contribution >= 4 is 17.2 Å². The van der Waals surface area contributed by atoms with Gasteiger partial charge in [-0.3, -0.25) is 4.79 Å². The average molecular weight is 305 g/mol. The van der Waals surface area contributed by atoms with Crippen molar-refractivity contribution in [3.8, 4) is 0 Å². The topological polar surface area (TPSA) is 63.9 Å². The Kier molecular flexibility index (Phi) is 4.01. The summed E-state index contributed by atoms with van der Waals surface area (Å²) < 4.78 is 1.98. The van der Waals surface area contributed by atoms with Crippen molar-refractivity contribution in [2.45, 2.75) is 39.3 Å². The maximum absolute atomic E-state index is 12.6. The number of rotatable bonds is 4.